The molecule has 10 heteroatoms. The summed E-state index contributed by atoms with van der Waals surface area (Å²) in [6, 6.07) is 4.23. The van der Waals surface area contributed by atoms with Gasteiger partial charge in [-0.2, -0.15) is 9.78 Å². The van der Waals surface area contributed by atoms with Crippen molar-refractivity contribution in [3.05, 3.63) is 52.1 Å². The number of halogens is 1. The fourth-order valence-corrected chi connectivity index (χ4v) is 5.12. The van der Waals surface area contributed by atoms with Crippen molar-refractivity contribution in [3.63, 3.8) is 0 Å². The van der Waals surface area contributed by atoms with Crippen molar-refractivity contribution in [2.45, 2.75) is 70.9 Å². The minimum atomic E-state index is -0.713. The first-order valence-corrected chi connectivity index (χ1v) is 12.4. The van der Waals surface area contributed by atoms with E-state index >= 15 is 4.39 Å². The van der Waals surface area contributed by atoms with Crippen molar-refractivity contribution < 1.29 is 13.9 Å². The predicted molar refractivity (Wildman–Crippen MR) is 129 cm³/mol. The first kappa shape index (κ1) is 23.3. The maximum absolute atomic E-state index is 15.4. The van der Waals surface area contributed by atoms with Crippen LogP contribution in [-0.4, -0.2) is 36.1 Å². The molecule has 0 radical (unpaired) electrons. The van der Waals surface area contributed by atoms with Crippen LogP contribution in [0.25, 0.3) is 5.69 Å². The molecule has 1 saturated carbocycles. The van der Waals surface area contributed by atoms with Crippen LogP contribution in [0.2, 0.25) is 0 Å². The zero-order valence-electron chi connectivity index (χ0n) is 20.2. The van der Waals surface area contributed by atoms with Gasteiger partial charge in [0.15, 0.2) is 0 Å². The van der Waals surface area contributed by atoms with Gasteiger partial charge in [-0.05, 0) is 44.6 Å². The van der Waals surface area contributed by atoms with Gasteiger partial charge in [-0.15, -0.1) is 5.10 Å². The lowest BCUT2D eigenvalue weighted by atomic mass is 9.86. The SMILES string of the molecule is CC(Oc1cc(-n2nc3n(c2=O)CCCC3)c(F)cc1C(=O)Nc1ccnn1C)C1CCCCC1. The van der Waals surface area contributed by atoms with Gasteiger partial charge in [0.25, 0.3) is 5.91 Å². The van der Waals surface area contributed by atoms with E-state index in [4.69, 9.17) is 4.74 Å². The predicted octanol–water partition coefficient (Wildman–Crippen LogP) is 3.84. The fourth-order valence-electron chi connectivity index (χ4n) is 5.12. The molecule has 2 aromatic heterocycles. The topological polar surface area (TPSA) is 96.0 Å². The second-order valence-electron chi connectivity index (χ2n) is 9.53. The van der Waals surface area contributed by atoms with E-state index in [2.05, 4.69) is 15.5 Å². The highest BCUT2D eigenvalue weighted by atomic mass is 19.1. The Bertz CT molecular complexity index is 1290. The van der Waals surface area contributed by atoms with E-state index in [1.807, 2.05) is 6.92 Å². The summed E-state index contributed by atoms with van der Waals surface area (Å²) in [4.78, 5) is 26.2. The first-order chi connectivity index (χ1) is 16.9. The number of ether oxygens (including phenoxy) is 1. The monoisotopic (exact) mass is 482 g/mol. The summed E-state index contributed by atoms with van der Waals surface area (Å²) in [6.07, 6.45) is 9.54. The Labute approximate surface area is 202 Å². The Hall–Kier alpha value is -3.43. The molecule has 186 valence electrons. The van der Waals surface area contributed by atoms with E-state index in [1.165, 1.54) is 17.2 Å². The minimum absolute atomic E-state index is 0.0140. The molecule has 2 aliphatic rings. The summed E-state index contributed by atoms with van der Waals surface area (Å²) in [5, 5.41) is 11.2. The van der Waals surface area contributed by atoms with Crippen molar-refractivity contribution in [1.29, 1.82) is 0 Å². The van der Waals surface area contributed by atoms with E-state index < -0.39 is 11.7 Å². The van der Waals surface area contributed by atoms with Gasteiger partial charge in [-0.3, -0.25) is 14.0 Å². The Morgan fingerprint density at radius 1 is 1.20 bits per heavy atom. The van der Waals surface area contributed by atoms with Gasteiger partial charge in [0.05, 0.1) is 17.9 Å². The van der Waals surface area contributed by atoms with Gasteiger partial charge in [0, 0.05) is 32.1 Å². The lowest BCUT2D eigenvalue weighted by Gasteiger charge is -2.29. The fraction of sp³-hybridized carbons (Fsp3) is 0.520. The van der Waals surface area contributed by atoms with Crippen LogP contribution in [0.4, 0.5) is 10.2 Å². The number of rotatable bonds is 6. The van der Waals surface area contributed by atoms with Crippen LogP contribution in [0.3, 0.4) is 0 Å². The lowest BCUT2D eigenvalue weighted by molar-refractivity contribution is 0.0996. The number of fused-ring (bicyclic) bond motifs is 1. The highest BCUT2D eigenvalue weighted by Crippen LogP contribution is 2.32. The highest BCUT2D eigenvalue weighted by molar-refractivity contribution is 6.06. The molecule has 1 atom stereocenters. The third-order valence-electron chi connectivity index (χ3n) is 7.18. The Morgan fingerprint density at radius 2 is 2.00 bits per heavy atom. The number of benzene rings is 1. The van der Waals surface area contributed by atoms with E-state index in [-0.39, 0.29) is 28.8 Å². The Balaban J connectivity index is 1.54. The quantitative estimate of drug-likeness (QED) is 0.576. The van der Waals surface area contributed by atoms with Crippen LogP contribution in [0, 0.1) is 11.7 Å². The Kier molecular flexibility index (Phi) is 6.44. The van der Waals surface area contributed by atoms with Crippen molar-refractivity contribution in [2.24, 2.45) is 13.0 Å². The van der Waals surface area contributed by atoms with Crippen LogP contribution in [0.1, 0.15) is 68.1 Å². The molecule has 1 N–H and O–H groups in total. The third kappa shape index (κ3) is 4.61. The standard InChI is InChI=1S/C25H31FN6O3/c1-16(17-8-4-3-5-9-17)35-21-15-20(32-25(34)31-13-7-6-10-23(31)29-32)19(26)14-18(21)24(33)28-22-11-12-27-30(22)2/h11-12,14-17H,3-10,13H2,1-2H3,(H,28,33). The molecule has 9 nitrogen and oxygen atoms in total. The number of nitrogens with zero attached hydrogens (tertiary/aromatic N) is 5. The number of hydrogen-bond acceptors (Lipinski definition) is 5. The van der Waals surface area contributed by atoms with Gasteiger partial charge >= 0.3 is 5.69 Å². The van der Waals surface area contributed by atoms with Crippen LogP contribution in [-0.2, 0) is 20.0 Å². The largest absolute Gasteiger partial charge is 0.490 e. The zero-order valence-corrected chi connectivity index (χ0v) is 20.2. The molecule has 1 amide bonds. The summed E-state index contributed by atoms with van der Waals surface area (Å²) in [5.74, 6) is 0.488. The molecule has 0 bridgehead atoms. The number of nitrogens with one attached hydrogen (secondary N) is 1. The van der Waals surface area contributed by atoms with E-state index in [0.29, 0.717) is 30.5 Å². The van der Waals surface area contributed by atoms with Gasteiger partial charge in [-0.1, -0.05) is 19.3 Å². The van der Waals surface area contributed by atoms with E-state index in [1.54, 1.807) is 23.9 Å². The number of carbonyl (C=O) groups excluding carboxylic acids is 1. The number of hydrogen-bond donors (Lipinski definition) is 1. The normalized spacial score (nSPS) is 17.1. The van der Waals surface area contributed by atoms with Gasteiger partial charge < -0.3 is 10.1 Å². The third-order valence-corrected chi connectivity index (χ3v) is 7.18. The second-order valence-corrected chi connectivity index (χ2v) is 9.53. The Morgan fingerprint density at radius 3 is 2.71 bits per heavy atom. The van der Waals surface area contributed by atoms with Crippen molar-refractivity contribution in [2.75, 3.05) is 5.32 Å². The van der Waals surface area contributed by atoms with E-state index in [9.17, 15) is 9.59 Å². The minimum Gasteiger partial charge on any atom is -0.490 e. The second kappa shape index (κ2) is 9.67. The van der Waals surface area contributed by atoms with Crippen molar-refractivity contribution >= 4 is 11.7 Å². The zero-order chi connectivity index (χ0) is 24.5. The molecule has 35 heavy (non-hydrogen) atoms. The van der Waals surface area contributed by atoms with Crippen LogP contribution in [0.15, 0.2) is 29.2 Å². The number of carbonyl (C=O) groups is 1. The molecule has 1 fully saturated rings. The summed E-state index contributed by atoms with van der Waals surface area (Å²) in [5.41, 5.74) is -0.330. The summed E-state index contributed by atoms with van der Waals surface area (Å²) >= 11 is 0. The molecule has 3 heterocycles. The summed E-state index contributed by atoms with van der Waals surface area (Å²) < 4.78 is 25.9. The molecule has 0 saturated heterocycles. The molecule has 1 aliphatic heterocycles. The number of aryl methyl sites for hydroxylation is 2. The number of anilines is 1. The van der Waals surface area contributed by atoms with E-state index in [0.717, 1.165) is 49.3 Å². The molecule has 1 unspecified atom stereocenters. The molecule has 0 spiro atoms. The van der Waals surface area contributed by atoms with Crippen molar-refractivity contribution in [3.8, 4) is 11.4 Å². The smallest absolute Gasteiger partial charge is 0.350 e. The van der Waals surface area contributed by atoms with Gasteiger partial charge in [0.2, 0.25) is 0 Å². The molecule has 1 aliphatic carbocycles. The number of aromatic nitrogens is 5. The average molecular weight is 483 g/mol. The van der Waals surface area contributed by atoms with Crippen molar-refractivity contribution in [1.82, 2.24) is 24.1 Å². The molecular formula is C25H31FN6O3. The molecule has 1 aromatic carbocycles. The van der Waals surface area contributed by atoms with Crippen LogP contribution < -0.4 is 15.7 Å². The molecule has 5 rings (SSSR count). The lowest BCUT2D eigenvalue weighted by Crippen LogP contribution is -2.28. The summed E-state index contributed by atoms with van der Waals surface area (Å²) in [6.45, 7) is 2.56. The average Bonchev–Trinajstić information content (AvgIpc) is 3.42. The van der Waals surface area contributed by atoms with Crippen LogP contribution in [0.5, 0.6) is 5.75 Å². The molecule has 3 aromatic rings. The van der Waals surface area contributed by atoms with Gasteiger partial charge in [0.1, 0.15) is 28.9 Å². The first-order valence-electron chi connectivity index (χ1n) is 12.4. The van der Waals surface area contributed by atoms with Crippen LogP contribution >= 0.6 is 0 Å². The highest BCUT2D eigenvalue weighted by Gasteiger charge is 2.27. The maximum atomic E-state index is 15.4. The van der Waals surface area contributed by atoms with Gasteiger partial charge in [-0.25, -0.2) is 9.18 Å². The maximum Gasteiger partial charge on any atom is 0.350 e. The number of amides is 1. The molecular weight excluding hydrogens is 451 g/mol. The summed E-state index contributed by atoms with van der Waals surface area (Å²) in [7, 11) is 1.70.